The highest BCUT2D eigenvalue weighted by Gasteiger charge is 2.28. The molecule has 7 rings (SSSR count). The van der Waals surface area contributed by atoms with Crippen LogP contribution in [0, 0.1) is 0 Å². The van der Waals surface area contributed by atoms with Crippen LogP contribution in [0.2, 0.25) is 0 Å². The quantitative estimate of drug-likeness (QED) is 0.208. The van der Waals surface area contributed by atoms with Gasteiger partial charge in [0.2, 0.25) is 0 Å². The van der Waals surface area contributed by atoms with Gasteiger partial charge in [0.25, 0.3) is 0 Å². The summed E-state index contributed by atoms with van der Waals surface area (Å²) >= 11 is 0. The number of hydrogen-bond donors (Lipinski definition) is 0. The molecule has 0 aliphatic carbocycles. The van der Waals surface area contributed by atoms with E-state index in [1.54, 1.807) is 0 Å². The average Bonchev–Trinajstić information content (AvgIpc) is 3.07. The van der Waals surface area contributed by atoms with Gasteiger partial charge in [-0.3, -0.25) is 0 Å². The predicted molar refractivity (Wildman–Crippen MR) is 178 cm³/mol. The molecule has 0 atom stereocenters. The van der Waals surface area contributed by atoms with Gasteiger partial charge in [-0.15, -0.1) is 0 Å². The second-order valence-electron chi connectivity index (χ2n) is 10.3. The first kappa shape index (κ1) is 25.4. The number of fused-ring (bicyclic) bond motifs is 1. The van der Waals surface area contributed by atoms with Crippen molar-refractivity contribution >= 4 is 33.7 Å². The molecule has 0 saturated heterocycles. The van der Waals surface area contributed by atoms with E-state index < -0.39 is 0 Å². The maximum Gasteiger partial charge on any atom is 0.0794 e. The number of benzene rings is 6. The summed E-state index contributed by atoms with van der Waals surface area (Å²) in [6, 6.07) is 62.2. The fraction of sp³-hybridized carbons (Fsp3) is 0. The fourth-order valence-electron chi connectivity index (χ4n) is 5.84. The lowest BCUT2D eigenvalue weighted by Crippen LogP contribution is -2.12. The van der Waals surface area contributed by atoms with E-state index in [9.17, 15) is 0 Å². The molecule has 1 heterocycles. The molecule has 0 spiro atoms. The van der Waals surface area contributed by atoms with Gasteiger partial charge in [0.05, 0.1) is 11.4 Å². The molecule has 42 heavy (non-hydrogen) atoms. The number of allylic oxidation sites excluding steroid dienone is 3. The van der Waals surface area contributed by atoms with Crippen molar-refractivity contribution in [1.82, 2.24) is 0 Å². The van der Waals surface area contributed by atoms with Crippen LogP contribution >= 0.6 is 0 Å². The Morgan fingerprint density at radius 2 is 0.595 bits per heavy atom. The van der Waals surface area contributed by atoms with Crippen LogP contribution in [0.25, 0.3) is 22.3 Å². The predicted octanol–water partition coefficient (Wildman–Crippen LogP) is 10.4. The summed E-state index contributed by atoms with van der Waals surface area (Å²) in [5.74, 6) is 0. The lowest BCUT2D eigenvalue weighted by molar-refractivity contribution is 1.44. The second kappa shape index (κ2) is 11.5. The lowest BCUT2D eigenvalue weighted by Gasteiger charge is -2.27. The molecular weight excluding hydrogens is 506 g/mol. The Bertz CT molecular complexity index is 1920. The van der Waals surface area contributed by atoms with E-state index in [1.165, 1.54) is 11.1 Å². The highest BCUT2D eigenvalue weighted by molar-refractivity contribution is 6.43. The number of nitrogens with zero attached hydrogens (tertiary/aromatic N) is 1. The Balaban J connectivity index is 1.76. The molecule has 6 aromatic carbocycles. The Labute approximate surface area is 247 Å². The summed E-state index contributed by atoms with van der Waals surface area (Å²) in [6.07, 6.45) is 0. The molecule has 0 radical (unpaired) electrons. The average molecular weight is 536 g/mol. The van der Waals surface area contributed by atoms with Gasteiger partial charge in [-0.2, -0.15) is 0 Å². The minimum atomic E-state index is 0.948. The monoisotopic (exact) mass is 535 g/mol. The zero-order chi connectivity index (χ0) is 28.1. The van der Waals surface area contributed by atoms with Crippen molar-refractivity contribution in [2.75, 3.05) is 0 Å². The van der Waals surface area contributed by atoms with Gasteiger partial charge in [-0.05, 0) is 39.5 Å². The molecule has 0 fully saturated rings. The molecule has 0 unspecified atom stereocenters. The number of hydrogen-bond acceptors (Lipinski definition) is 1. The SMILES string of the molecule is c1ccc(C2=Nc3ccccc3/C(c3ccccc3)=C(c3ccccc3)\C(c3ccccc3)=C/2c2ccccc2)cc1. The normalized spacial score (nSPS) is 16.6. The topological polar surface area (TPSA) is 12.4 Å². The molecule has 0 aromatic heterocycles. The minimum Gasteiger partial charge on any atom is -0.247 e. The third-order valence-electron chi connectivity index (χ3n) is 7.69. The third kappa shape index (κ3) is 4.82. The van der Waals surface area contributed by atoms with Crippen molar-refractivity contribution in [1.29, 1.82) is 0 Å². The van der Waals surface area contributed by atoms with Crippen LogP contribution in [0.15, 0.2) is 181 Å². The van der Waals surface area contributed by atoms with Gasteiger partial charge < -0.3 is 0 Å². The minimum absolute atomic E-state index is 0.948. The van der Waals surface area contributed by atoms with Crippen LogP contribution in [-0.2, 0) is 0 Å². The molecule has 1 aliphatic rings. The molecule has 0 N–H and O–H groups in total. The Morgan fingerprint density at radius 3 is 1.07 bits per heavy atom. The molecule has 1 heteroatoms. The first-order valence-electron chi connectivity index (χ1n) is 14.3. The summed E-state index contributed by atoms with van der Waals surface area (Å²) in [7, 11) is 0. The van der Waals surface area contributed by atoms with Crippen molar-refractivity contribution in [2.45, 2.75) is 0 Å². The first-order valence-corrected chi connectivity index (χ1v) is 14.3. The van der Waals surface area contributed by atoms with Crippen molar-refractivity contribution in [3.63, 3.8) is 0 Å². The lowest BCUT2D eigenvalue weighted by atomic mass is 9.77. The molecule has 198 valence electrons. The molecular formula is C41H29N. The number of para-hydroxylation sites is 1. The van der Waals surface area contributed by atoms with E-state index in [2.05, 4.69) is 176 Å². The Morgan fingerprint density at radius 1 is 0.262 bits per heavy atom. The molecule has 0 amide bonds. The number of rotatable bonds is 5. The standard InChI is InChI=1S/C41H29N/c1-6-18-30(19-7-1)37-35-28-16-17-29-36(35)42-41(34-26-14-5-15-27-34)40(33-24-12-4-13-25-33)39(32-22-10-3-11-23-32)38(37)31-20-8-2-9-21-31/h1-29H/b37-35?,38-37-,39-38?,40-39-,41-40?,42-36?,42-41?. The van der Waals surface area contributed by atoms with E-state index in [-0.39, 0.29) is 0 Å². The maximum atomic E-state index is 5.53. The van der Waals surface area contributed by atoms with Gasteiger partial charge in [0.1, 0.15) is 0 Å². The van der Waals surface area contributed by atoms with Gasteiger partial charge in [-0.25, -0.2) is 4.99 Å². The fourth-order valence-corrected chi connectivity index (χ4v) is 5.84. The van der Waals surface area contributed by atoms with Crippen molar-refractivity contribution in [2.24, 2.45) is 4.99 Å². The van der Waals surface area contributed by atoms with Gasteiger partial charge in [0.15, 0.2) is 0 Å². The van der Waals surface area contributed by atoms with Crippen molar-refractivity contribution in [3.8, 4) is 0 Å². The smallest absolute Gasteiger partial charge is 0.0794 e. The van der Waals surface area contributed by atoms with Gasteiger partial charge in [-0.1, -0.05) is 170 Å². The van der Waals surface area contributed by atoms with Crippen LogP contribution in [0.4, 0.5) is 5.69 Å². The summed E-state index contributed by atoms with van der Waals surface area (Å²) in [5.41, 5.74) is 13.3. The largest absolute Gasteiger partial charge is 0.247 e. The van der Waals surface area contributed by atoms with E-state index in [0.717, 1.165) is 55.9 Å². The summed E-state index contributed by atoms with van der Waals surface area (Å²) < 4.78 is 0. The van der Waals surface area contributed by atoms with Gasteiger partial charge >= 0.3 is 0 Å². The van der Waals surface area contributed by atoms with Crippen molar-refractivity contribution in [3.05, 3.63) is 209 Å². The third-order valence-corrected chi connectivity index (χ3v) is 7.69. The number of aliphatic imine (C=N–C) groups is 1. The highest BCUT2D eigenvalue weighted by atomic mass is 14.8. The Kier molecular flexibility index (Phi) is 6.98. The van der Waals surface area contributed by atoms with E-state index >= 15 is 0 Å². The molecule has 1 aliphatic heterocycles. The van der Waals surface area contributed by atoms with E-state index in [1.807, 2.05) is 0 Å². The van der Waals surface area contributed by atoms with Crippen LogP contribution in [0.1, 0.15) is 33.4 Å². The summed E-state index contributed by atoms with van der Waals surface area (Å²) in [5, 5.41) is 0. The van der Waals surface area contributed by atoms with Crippen LogP contribution in [0.5, 0.6) is 0 Å². The van der Waals surface area contributed by atoms with Crippen LogP contribution in [0.3, 0.4) is 0 Å². The molecule has 0 bridgehead atoms. The first-order chi connectivity index (χ1) is 20.9. The second-order valence-corrected chi connectivity index (χ2v) is 10.3. The maximum absolute atomic E-state index is 5.53. The van der Waals surface area contributed by atoms with Crippen LogP contribution < -0.4 is 0 Å². The van der Waals surface area contributed by atoms with Crippen LogP contribution in [-0.4, -0.2) is 5.71 Å². The van der Waals surface area contributed by atoms with Gasteiger partial charge in [0, 0.05) is 22.3 Å². The molecule has 0 saturated carbocycles. The molecule has 6 aromatic rings. The zero-order valence-corrected chi connectivity index (χ0v) is 23.2. The molecule has 1 nitrogen and oxygen atoms in total. The highest BCUT2D eigenvalue weighted by Crippen LogP contribution is 2.48. The summed E-state index contributed by atoms with van der Waals surface area (Å²) in [6.45, 7) is 0. The van der Waals surface area contributed by atoms with E-state index in [0.29, 0.717) is 0 Å². The Hall–Kier alpha value is -5.53. The van der Waals surface area contributed by atoms with E-state index in [4.69, 9.17) is 4.99 Å². The summed E-state index contributed by atoms with van der Waals surface area (Å²) in [4.78, 5) is 5.53. The van der Waals surface area contributed by atoms with Crippen molar-refractivity contribution < 1.29 is 0 Å². The zero-order valence-electron chi connectivity index (χ0n) is 23.2.